The van der Waals surface area contributed by atoms with Gasteiger partial charge < -0.3 is 11.1 Å². The molecule has 0 saturated heterocycles. The maximum atomic E-state index is 11.6. The summed E-state index contributed by atoms with van der Waals surface area (Å²) in [6, 6.07) is 6.94. The lowest BCUT2D eigenvalue weighted by Gasteiger charge is -2.20. The molecule has 76 valence electrons. The zero-order chi connectivity index (χ0) is 10.8. The smallest absolute Gasteiger partial charge is 0.251 e. The molecule has 0 heterocycles. The second-order valence-electron chi connectivity index (χ2n) is 4.33. The van der Waals surface area contributed by atoms with Crippen molar-refractivity contribution < 1.29 is 4.79 Å². The lowest BCUT2D eigenvalue weighted by atomic mass is 10.1. The van der Waals surface area contributed by atoms with Crippen molar-refractivity contribution in [3.05, 3.63) is 29.8 Å². The van der Waals surface area contributed by atoms with Gasteiger partial charge in [0.2, 0.25) is 0 Å². The SMILES string of the molecule is CC(C)(C)NC(=O)c1cccc(N)c1. The van der Waals surface area contributed by atoms with Gasteiger partial charge in [0.15, 0.2) is 0 Å². The number of hydrogen-bond acceptors (Lipinski definition) is 2. The predicted molar refractivity (Wildman–Crippen MR) is 58.1 cm³/mol. The van der Waals surface area contributed by atoms with Crippen molar-refractivity contribution >= 4 is 11.6 Å². The minimum Gasteiger partial charge on any atom is -0.399 e. The average molecular weight is 192 g/mol. The number of benzene rings is 1. The van der Waals surface area contributed by atoms with Gasteiger partial charge in [0, 0.05) is 16.8 Å². The summed E-state index contributed by atoms with van der Waals surface area (Å²) in [7, 11) is 0. The molecular formula is C11H16N2O. The summed E-state index contributed by atoms with van der Waals surface area (Å²) in [6.45, 7) is 5.82. The van der Waals surface area contributed by atoms with Crippen molar-refractivity contribution in [2.24, 2.45) is 0 Å². The van der Waals surface area contributed by atoms with Crippen molar-refractivity contribution in [3.63, 3.8) is 0 Å². The summed E-state index contributed by atoms with van der Waals surface area (Å²) >= 11 is 0. The highest BCUT2D eigenvalue weighted by Gasteiger charge is 2.14. The number of carbonyl (C=O) groups is 1. The van der Waals surface area contributed by atoms with E-state index in [2.05, 4.69) is 5.32 Å². The van der Waals surface area contributed by atoms with Gasteiger partial charge in [0.1, 0.15) is 0 Å². The van der Waals surface area contributed by atoms with Crippen LogP contribution in [0.1, 0.15) is 31.1 Å². The maximum Gasteiger partial charge on any atom is 0.251 e. The maximum absolute atomic E-state index is 11.6. The molecule has 3 nitrogen and oxygen atoms in total. The van der Waals surface area contributed by atoms with E-state index in [9.17, 15) is 4.79 Å². The van der Waals surface area contributed by atoms with E-state index in [0.717, 1.165) is 0 Å². The molecule has 3 N–H and O–H groups in total. The van der Waals surface area contributed by atoms with Gasteiger partial charge in [-0.25, -0.2) is 0 Å². The monoisotopic (exact) mass is 192 g/mol. The van der Waals surface area contributed by atoms with E-state index in [0.29, 0.717) is 11.3 Å². The Morgan fingerprint density at radius 3 is 2.50 bits per heavy atom. The number of nitrogen functional groups attached to an aromatic ring is 1. The van der Waals surface area contributed by atoms with Crippen LogP contribution in [0.25, 0.3) is 0 Å². The highest BCUT2D eigenvalue weighted by atomic mass is 16.1. The van der Waals surface area contributed by atoms with Gasteiger partial charge in [-0.2, -0.15) is 0 Å². The molecule has 1 rings (SSSR count). The third-order valence-electron chi connectivity index (χ3n) is 1.64. The second kappa shape index (κ2) is 3.70. The molecule has 0 aliphatic heterocycles. The minimum absolute atomic E-state index is 0.0928. The number of amides is 1. The first kappa shape index (κ1) is 10.6. The van der Waals surface area contributed by atoms with Gasteiger partial charge in [-0.3, -0.25) is 4.79 Å². The average Bonchev–Trinajstić information content (AvgIpc) is 2.01. The molecule has 0 atom stereocenters. The number of nitrogens with two attached hydrogens (primary N) is 1. The molecule has 0 unspecified atom stereocenters. The highest BCUT2D eigenvalue weighted by Crippen LogP contribution is 2.08. The van der Waals surface area contributed by atoms with Crippen molar-refractivity contribution in [3.8, 4) is 0 Å². The Kier molecular flexibility index (Phi) is 2.79. The Balaban J connectivity index is 2.80. The zero-order valence-corrected chi connectivity index (χ0v) is 8.79. The van der Waals surface area contributed by atoms with Gasteiger partial charge in [0.25, 0.3) is 5.91 Å². The fourth-order valence-corrected chi connectivity index (χ4v) is 1.09. The molecule has 0 aromatic heterocycles. The highest BCUT2D eigenvalue weighted by molar-refractivity contribution is 5.95. The third kappa shape index (κ3) is 3.09. The molecule has 0 aliphatic carbocycles. The number of rotatable bonds is 1. The van der Waals surface area contributed by atoms with Gasteiger partial charge in [0.05, 0.1) is 0 Å². The van der Waals surface area contributed by atoms with Crippen molar-refractivity contribution in [1.82, 2.24) is 5.32 Å². The number of nitrogens with one attached hydrogen (secondary N) is 1. The van der Waals surface area contributed by atoms with Crippen LogP contribution in [0.15, 0.2) is 24.3 Å². The first-order valence-electron chi connectivity index (χ1n) is 4.56. The van der Waals surface area contributed by atoms with Gasteiger partial charge >= 0.3 is 0 Å². The van der Waals surface area contributed by atoms with Gasteiger partial charge in [-0.15, -0.1) is 0 Å². The van der Waals surface area contributed by atoms with Crippen LogP contribution < -0.4 is 11.1 Å². The van der Waals surface area contributed by atoms with E-state index in [1.165, 1.54) is 0 Å². The van der Waals surface area contributed by atoms with Gasteiger partial charge in [-0.05, 0) is 39.0 Å². The van der Waals surface area contributed by atoms with Crippen LogP contribution in [0, 0.1) is 0 Å². The number of anilines is 1. The Bertz CT molecular complexity index is 339. The molecule has 1 amide bonds. The van der Waals surface area contributed by atoms with E-state index in [1.54, 1.807) is 24.3 Å². The fraction of sp³-hybridized carbons (Fsp3) is 0.364. The van der Waals surface area contributed by atoms with Crippen molar-refractivity contribution in [2.75, 3.05) is 5.73 Å². The zero-order valence-electron chi connectivity index (χ0n) is 8.79. The molecule has 1 aromatic carbocycles. The Morgan fingerprint density at radius 1 is 1.36 bits per heavy atom. The standard InChI is InChI=1S/C11H16N2O/c1-11(2,3)13-10(14)8-5-4-6-9(12)7-8/h4-7H,12H2,1-3H3,(H,13,14). The van der Waals surface area contributed by atoms with E-state index < -0.39 is 0 Å². The predicted octanol–water partition coefficient (Wildman–Crippen LogP) is 1.80. The van der Waals surface area contributed by atoms with Crippen molar-refractivity contribution in [1.29, 1.82) is 0 Å². The van der Waals surface area contributed by atoms with Crippen LogP contribution in [0.5, 0.6) is 0 Å². The molecular weight excluding hydrogens is 176 g/mol. The summed E-state index contributed by atoms with van der Waals surface area (Å²) in [4.78, 5) is 11.6. The summed E-state index contributed by atoms with van der Waals surface area (Å²) in [5.41, 5.74) is 6.56. The Morgan fingerprint density at radius 2 is 2.00 bits per heavy atom. The normalized spacial score (nSPS) is 11.1. The topological polar surface area (TPSA) is 55.1 Å². The lowest BCUT2D eigenvalue weighted by molar-refractivity contribution is 0.0919. The molecule has 0 saturated carbocycles. The minimum atomic E-state index is -0.221. The fourth-order valence-electron chi connectivity index (χ4n) is 1.09. The number of carbonyl (C=O) groups excluding carboxylic acids is 1. The summed E-state index contributed by atoms with van der Waals surface area (Å²) in [5, 5.41) is 2.87. The first-order chi connectivity index (χ1) is 6.38. The third-order valence-corrected chi connectivity index (χ3v) is 1.64. The molecule has 0 bridgehead atoms. The van der Waals surface area contributed by atoms with Crippen LogP contribution in [0.3, 0.4) is 0 Å². The molecule has 0 spiro atoms. The quantitative estimate of drug-likeness (QED) is 0.666. The molecule has 0 radical (unpaired) electrons. The van der Waals surface area contributed by atoms with E-state index in [4.69, 9.17) is 5.73 Å². The summed E-state index contributed by atoms with van der Waals surface area (Å²) < 4.78 is 0. The summed E-state index contributed by atoms with van der Waals surface area (Å²) in [6.07, 6.45) is 0. The van der Waals surface area contributed by atoms with Gasteiger partial charge in [-0.1, -0.05) is 6.07 Å². The Hall–Kier alpha value is -1.51. The van der Waals surface area contributed by atoms with Crippen LogP contribution >= 0.6 is 0 Å². The largest absolute Gasteiger partial charge is 0.399 e. The Labute approximate surface area is 84.3 Å². The van der Waals surface area contributed by atoms with Crippen LogP contribution in [-0.2, 0) is 0 Å². The molecule has 1 aromatic rings. The molecule has 0 aliphatic rings. The van der Waals surface area contributed by atoms with E-state index in [-0.39, 0.29) is 11.4 Å². The van der Waals surface area contributed by atoms with Crippen molar-refractivity contribution in [2.45, 2.75) is 26.3 Å². The van der Waals surface area contributed by atoms with E-state index >= 15 is 0 Å². The van der Waals surface area contributed by atoms with E-state index in [1.807, 2.05) is 20.8 Å². The molecule has 3 heteroatoms. The molecule has 14 heavy (non-hydrogen) atoms. The van der Waals surface area contributed by atoms with Crippen LogP contribution in [0.2, 0.25) is 0 Å². The second-order valence-corrected chi connectivity index (χ2v) is 4.33. The number of hydrogen-bond donors (Lipinski definition) is 2. The molecule has 0 fully saturated rings. The van der Waals surface area contributed by atoms with Crippen LogP contribution in [0.4, 0.5) is 5.69 Å². The summed E-state index contributed by atoms with van der Waals surface area (Å²) in [5.74, 6) is -0.0928. The first-order valence-corrected chi connectivity index (χ1v) is 4.56. The van der Waals surface area contributed by atoms with Crippen LogP contribution in [-0.4, -0.2) is 11.4 Å². The lowest BCUT2D eigenvalue weighted by Crippen LogP contribution is -2.40.